The molecular weight excluding hydrogens is 270 g/mol. The van der Waals surface area contributed by atoms with Gasteiger partial charge in [-0.3, -0.25) is 0 Å². The Labute approximate surface area is 123 Å². The van der Waals surface area contributed by atoms with E-state index in [4.69, 9.17) is 10.00 Å². The second-order valence-electron chi connectivity index (χ2n) is 4.62. The lowest BCUT2D eigenvalue weighted by Crippen LogP contribution is -2.48. The third-order valence-electron chi connectivity index (χ3n) is 3.11. The number of rotatable bonds is 4. The van der Waals surface area contributed by atoms with Gasteiger partial charge in [0.25, 0.3) is 5.88 Å². The SMILES string of the molecule is C=CCNC(=O)N1CCCC(Oc2nccnc2C#N)C1. The molecule has 0 radical (unpaired) electrons. The molecule has 2 heterocycles. The Morgan fingerprint density at radius 3 is 3.19 bits per heavy atom. The van der Waals surface area contributed by atoms with Crippen LogP contribution >= 0.6 is 0 Å². The minimum absolute atomic E-state index is 0.136. The van der Waals surface area contributed by atoms with E-state index in [1.165, 1.54) is 12.4 Å². The van der Waals surface area contributed by atoms with E-state index in [1.54, 1.807) is 11.0 Å². The van der Waals surface area contributed by atoms with Crippen molar-refractivity contribution in [3.63, 3.8) is 0 Å². The van der Waals surface area contributed by atoms with E-state index in [1.807, 2.05) is 6.07 Å². The van der Waals surface area contributed by atoms with Crippen LogP contribution in [0.3, 0.4) is 0 Å². The molecule has 1 unspecified atom stereocenters. The first-order valence-corrected chi connectivity index (χ1v) is 6.76. The zero-order chi connectivity index (χ0) is 15.1. The second-order valence-corrected chi connectivity index (χ2v) is 4.62. The van der Waals surface area contributed by atoms with Crippen LogP contribution in [0.15, 0.2) is 25.0 Å². The molecule has 1 aliphatic rings. The first kappa shape index (κ1) is 14.8. The molecule has 7 nitrogen and oxygen atoms in total. The van der Waals surface area contributed by atoms with E-state index in [0.29, 0.717) is 19.6 Å². The van der Waals surface area contributed by atoms with Gasteiger partial charge < -0.3 is 15.0 Å². The molecule has 110 valence electrons. The number of likely N-dealkylation sites (tertiary alicyclic amines) is 1. The van der Waals surface area contributed by atoms with Crippen LogP contribution in [0, 0.1) is 11.3 Å². The van der Waals surface area contributed by atoms with Crippen molar-refractivity contribution in [2.45, 2.75) is 18.9 Å². The lowest BCUT2D eigenvalue weighted by molar-refractivity contribution is 0.0976. The average molecular weight is 287 g/mol. The smallest absolute Gasteiger partial charge is 0.317 e. The lowest BCUT2D eigenvalue weighted by Gasteiger charge is -2.32. The highest BCUT2D eigenvalue weighted by molar-refractivity contribution is 5.74. The summed E-state index contributed by atoms with van der Waals surface area (Å²) in [6.07, 6.45) is 6.03. The Kier molecular flexibility index (Phi) is 5.10. The zero-order valence-corrected chi connectivity index (χ0v) is 11.7. The average Bonchev–Trinajstić information content (AvgIpc) is 2.53. The highest BCUT2D eigenvalue weighted by atomic mass is 16.5. The molecule has 1 atom stereocenters. The van der Waals surface area contributed by atoms with Crippen molar-refractivity contribution in [3.05, 3.63) is 30.7 Å². The molecule has 7 heteroatoms. The fourth-order valence-corrected chi connectivity index (χ4v) is 2.14. The first-order valence-electron chi connectivity index (χ1n) is 6.76. The van der Waals surface area contributed by atoms with E-state index in [9.17, 15) is 4.79 Å². The Hall–Kier alpha value is -2.62. The molecule has 1 saturated heterocycles. The largest absolute Gasteiger partial charge is 0.470 e. The van der Waals surface area contributed by atoms with Gasteiger partial charge in [-0.1, -0.05) is 6.08 Å². The van der Waals surface area contributed by atoms with Gasteiger partial charge in [-0.15, -0.1) is 6.58 Å². The molecule has 0 aromatic carbocycles. The fourth-order valence-electron chi connectivity index (χ4n) is 2.14. The molecule has 0 bridgehead atoms. The summed E-state index contributed by atoms with van der Waals surface area (Å²) in [5, 5.41) is 11.7. The van der Waals surface area contributed by atoms with Crippen LogP contribution in [0.1, 0.15) is 18.5 Å². The number of nitriles is 1. The first-order chi connectivity index (χ1) is 10.2. The number of hydrogen-bond donors (Lipinski definition) is 1. The summed E-state index contributed by atoms with van der Waals surface area (Å²) < 4.78 is 5.72. The van der Waals surface area contributed by atoms with Gasteiger partial charge in [0.1, 0.15) is 12.2 Å². The highest BCUT2D eigenvalue weighted by Gasteiger charge is 2.25. The van der Waals surface area contributed by atoms with Crippen LogP contribution in [0.4, 0.5) is 4.79 Å². The van der Waals surface area contributed by atoms with Crippen molar-refractivity contribution >= 4 is 6.03 Å². The number of urea groups is 1. The topological polar surface area (TPSA) is 91.1 Å². The summed E-state index contributed by atoms with van der Waals surface area (Å²) >= 11 is 0. The standard InChI is InChI=1S/C14H17N5O2/c1-2-5-18-14(20)19-8-3-4-11(10-19)21-13-12(9-15)16-6-7-17-13/h2,6-7,11H,1,3-5,8,10H2,(H,18,20). The number of amides is 2. The minimum atomic E-state index is -0.183. The normalized spacial score (nSPS) is 17.7. The molecule has 2 rings (SSSR count). The summed E-state index contributed by atoms with van der Waals surface area (Å²) in [5.41, 5.74) is 0.158. The molecule has 1 aromatic rings. The van der Waals surface area contributed by atoms with Gasteiger partial charge in [0, 0.05) is 25.5 Å². The number of ether oxygens (including phenoxy) is 1. The summed E-state index contributed by atoms with van der Waals surface area (Å²) in [6, 6.07) is 1.81. The van der Waals surface area contributed by atoms with Crippen molar-refractivity contribution in [2.24, 2.45) is 0 Å². The molecule has 1 fully saturated rings. The zero-order valence-electron chi connectivity index (χ0n) is 11.7. The number of hydrogen-bond acceptors (Lipinski definition) is 5. The van der Waals surface area contributed by atoms with Gasteiger partial charge in [-0.2, -0.15) is 5.26 Å². The summed E-state index contributed by atoms with van der Waals surface area (Å²) in [5.74, 6) is 0.221. The van der Waals surface area contributed by atoms with E-state index in [0.717, 1.165) is 12.8 Å². The van der Waals surface area contributed by atoms with Gasteiger partial charge in [-0.25, -0.2) is 14.8 Å². The molecule has 1 aliphatic heterocycles. The van der Waals surface area contributed by atoms with Crippen LogP contribution in [0.2, 0.25) is 0 Å². The predicted molar refractivity (Wildman–Crippen MR) is 75.6 cm³/mol. The number of nitrogens with zero attached hydrogens (tertiary/aromatic N) is 4. The number of carbonyl (C=O) groups is 1. The summed E-state index contributed by atoms with van der Waals surface area (Å²) in [7, 11) is 0. The summed E-state index contributed by atoms with van der Waals surface area (Å²) in [6.45, 7) is 5.15. The van der Waals surface area contributed by atoms with Gasteiger partial charge >= 0.3 is 6.03 Å². The molecule has 1 aromatic heterocycles. The Bertz CT molecular complexity index is 555. The maximum Gasteiger partial charge on any atom is 0.317 e. The van der Waals surface area contributed by atoms with Gasteiger partial charge in [0.15, 0.2) is 0 Å². The molecule has 1 N–H and O–H groups in total. The minimum Gasteiger partial charge on any atom is -0.470 e. The van der Waals surface area contributed by atoms with Crippen molar-refractivity contribution in [1.29, 1.82) is 5.26 Å². The van der Waals surface area contributed by atoms with Gasteiger partial charge in [0.2, 0.25) is 5.69 Å². The maximum atomic E-state index is 11.9. The number of carbonyl (C=O) groups excluding carboxylic acids is 1. The molecule has 0 spiro atoms. The monoisotopic (exact) mass is 287 g/mol. The highest BCUT2D eigenvalue weighted by Crippen LogP contribution is 2.18. The molecule has 0 aliphatic carbocycles. The van der Waals surface area contributed by atoms with Crippen LogP contribution in [-0.4, -0.2) is 46.6 Å². The molecule has 21 heavy (non-hydrogen) atoms. The maximum absolute atomic E-state index is 11.9. The van der Waals surface area contributed by atoms with E-state index < -0.39 is 0 Å². The van der Waals surface area contributed by atoms with Crippen LogP contribution < -0.4 is 10.1 Å². The van der Waals surface area contributed by atoms with Crippen LogP contribution in [-0.2, 0) is 0 Å². The van der Waals surface area contributed by atoms with Crippen LogP contribution in [0.25, 0.3) is 0 Å². The van der Waals surface area contributed by atoms with Gasteiger partial charge in [-0.05, 0) is 12.8 Å². The van der Waals surface area contributed by atoms with Gasteiger partial charge in [0.05, 0.1) is 6.54 Å². The third-order valence-corrected chi connectivity index (χ3v) is 3.11. The van der Waals surface area contributed by atoms with Crippen molar-refractivity contribution in [3.8, 4) is 11.9 Å². The van der Waals surface area contributed by atoms with Crippen molar-refractivity contribution < 1.29 is 9.53 Å². The molecular formula is C14H17N5O2. The second kappa shape index (κ2) is 7.24. The summed E-state index contributed by atoms with van der Waals surface area (Å²) in [4.78, 5) is 21.5. The van der Waals surface area contributed by atoms with E-state index >= 15 is 0 Å². The van der Waals surface area contributed by atoms with Crippen molar-refractivity contribution in [2.75, 3.05) is 19.6 Å². The van der Waals surface area contributed by atoms with E-state index in [2.05, 4.69) is 21.9 Å². The Morgan fingerprint density at radius 1 is 1.62 bits per heavy atom. The lowest BCUT2D eigenvalue weighted by atomic mass is 10.1. The van der Waals surface area contributed by atoms with Crippen molar-refractivity contribution in [1.82, 2.24) is 20.2 Å². The number of piperidine rings is 1. The number of aromatic nitrogens is 2. The Morgan fingerprint density at radius 2 is 2.43 bits per heavy atom. The molecule has 2 amide bonds. The Balaban J connectivity index is 1.97. The fraction of sp³-hybridized carbons (Fsp3) is 0.429. The quantitative estimate of drug-likeness (QED) is 0.837. The van der Waals surface area contributed by atoms with Crippen LogP contribution in [0.5, 0.6) is 5.88 Å². The molecule has 0 saturated carbocycles. The predicted octanol–water partition coefficient (Wildman–Crippen LogP) is 1.09. The van der Waals surface area contributed by atoms with E-state index in [-0.39, 0.29) is 23.7 Å². The third kappa shape index (κ3) is 3.92. The number of nitrogens with one attached hydrogen (secondary N) is 1.